The average Bonchev–Trinajstić information content (AvgIpc) is 2.54. The van der Waals surface area contributed by atoms with E-state index in [1.807, 2.05) is 49.3 Å². The summed E-state index contributed by atoms with van der Waals surface area (Å²) in [5.41, 5.74) is 1.03. The quantitative estimate of drug-likeness (QED) is 0.866. The van der Waals surface area contributed by atoms with Crippen LogP contribution in [-0.4, -0.2) is 39.9 Å². The molecule has 0 spiro atoms. The van der Waals surface area contributed by atoms with Gasteiger partial charge in [0.05, 0.1) is 4.90 Å². The molecule has 0 aliphatic carbocycles. The Bertz CT molecular complexity index is 807. The molecule has 23 heavy (non-hydrogen) atoms. The van der Waals surface area contributed by atoms with Crippen molar-refractivity contribution in [3.63, 3.8) is 0 Å². The summed E-state index contributed by atoms with van der Waals surface area (Å²) in [6.07, 6.45) is 1.87. The van der Waals surface area contributed by atoms with E-state index >= 15 is 0 Å². The van der Waals surface area contributed by atoms with E-state index in [0.29, 0.717) is 23.9 Å². The van der Waals surface area contributed by atoms with Crippen LogP contribution in [0.5, 0.6) is 0 Å². The van der Waals surface area contributed by atoms with Gasteiger partial charge in [-0.3, -0.25) is 0 Å². The number of benzene rings is 2. The number of sulfonamides is 1. The molecule has 0 unspecified atom stereocenters. The maximum Gasteiger partial charge on any atom is 0.243 e. The Hall–Kier alpha value is -1.59. The summed E-state index contributed by atoms with van der Waals surface area (Å²) in [5, 5.41) is 1.78. The zero-order chi connectivity index (χ0) is 16.6. The first-order valence-electron chi connectivity index (χ1n) is 8.10. The van der Waals surface area contributed by atoms with Crippen LogP contribution in [0.15, 0.2) is 41.3 Å². The van der Waals surface area contributed by atoms with E-state index in [1.54, 1.807) is 10.4 Å². The summed E-state index contributed by atoms with van der Waals surface area (Å²) in [5.74, 6) is 0.606. The summed E-state index contributed by atoms with van der Waals surface area (Å²) in [6, 6.07) is 11.4. The molecule has 1 aliphatic rings. The number of piperidine rings is 1. The predicted octanol–water partition coefficient (Wildman–Crippen LogP) is 3.33. The third-order valence-corrected chi connectivity index (χ3v) is 6.66. The van der Waals surface area contributed by atoms with Gasteiger partial charge in [-0.25, -0.2) is 8.42 Å². The monoisotopic (exact) mass is 332 g/mol. The molecule has 0 N–H and O–H groups in total. The Morgan fingerprint density at radius 1 is 1.00 bits per heavy atom. The molecular formula is C18H24N2O2S. The molecule has 1 heterocycles. The van der Waals surface area contributed by atoms with Gasteiger partial charge in [0.1, 0.15) is 0 Å². The van der Waals surface area contributed by atoms with Gasteiger partial charge in [0.15, 0.2) is 0 Å². The van der Waals surface area contributed by atoms with Gasteiger partial charge in [0.25, 0.3) is 0 Å². The third-order valence-electron chi connectivity index (χ3n) is 4.70. The van der Waals surface area contributed by atoms with Crippen LogP contribution in [0.1, 0.15) is 19.8 Å². The Kier molecular flexibility index (Phi) is 4.34. The summed E-state index contributed by atoms with van der Waals surface area (Å²) in [4.78, 5) is 2.44. The van der Waals surface area contributed by atoms with Crippen molar-refractivity contribution in [2.24, 2.45) is 5.92 Å². The summed E-state index contributed by atoms with van der Waals surface area (Å²) >= 11 is 0. The van der Waals surface area contributed by atoms with Gasteiger partial charge in [0, 0.05) is 43.6 Å². The van der Waals surface area contributed by atoms with E-state index < -0.39 is 10.0 Å². The first kappa shape index (κ1) is 16.3. The lowest BCUT2D eigenvalue weighted by Crippen LogP contribution is -2.37. The van der Waals surface area contributed by atoms with Crippen LogP contribution in [-0.2, 0) is 10.0 Å². The minimum absolute atomic E-state index is 0.424. The van der Waals surface area contributed by atoms with Crippen LogP contribution in [0.2, 0.25) is 0 Å². The van der Waals surface area contributed by atoms with Crippen molar-refractivity contribution in [1.29, 1.82) is 0 Å². The predicted molar refractivity (Wildman–Crippen MR) is 95.4 cm³/mol. The second kappa shape index (κ2) is 6.13. The molecule has 0 atom stereocenters. The number of rotatable bonds is 3. The highest BCUT2D eigenvalue weighted by atomic mass is 32.2. The molecule has 4 nitrogen and oxygen atoms in total. The largest absolute Gasteiger partial charge is 0.377 e. The van der Waals surface area contributed by atoms with E-state index in [9.17, 15) is 8.42 Å². The molecule has 0 saturated carbocycles. The molecule has 0 aromatic heterocycles. The number of nitrogens with zero attached hydrogens (tertiary/aromatic N) is 2. The maximum atomic E-state index is 13.1. The van der Waals surface area contributed by atoms with Crippen molar-refractivity contribution < 1.29 is 8.42 Å². The van der Waals surface area contributed by atoms with Gasteiger partial charge in [-0.1, -0.05) is 31.2 Å². The SMILES string of the molecule is CC1CCN(S(=O)(=O)c2cccc3c(N(C)C)cccc23)CC1. The van der Waals surface area contributed by atoms with Crippen molar-refractivity contribution in [2.75, 3.05) is 32.1 Å². The van der Waals surface area contributed by atoms with E-state index in [-0.39, 0.29) is 0 Å². The lowest BCUT2D eigenvalue weighted by atomic mass is 10.0. The third kappa shape index (κ3) is 2.95. The van der Waals surface area contributed by atoms with Crippen molar-refractivity contribution in [3.8, 4) is 0 Å². The topological polar surface area (TPSA) is 40.6 Å². The molecular weight excluding hydrogens is 308 g/mol. The molecule has 2 aromatic rings. The maximum absolute atomic E-state index is 13.1. The fraction of sp³-hybridized carbons (Fsp3) is 0.444. The van der Waals surface area contributed by atoms with Gasteiger partial charge >= 0.3 is 0 Å². The molecule has 5 heteroatoms. The molecule has 124 valence electrons. The van der Waals surface area contributed by atoms with Gasteiger partial charge < -0.3 is 4.90 Å². The Labute approximate surface area is 138 Å². The van der Waals surface area contributed by atoms with Gasteiger partial charge in [-0.05, 0) is 30.9 Å². The summed E-state index contributed by atoms with van der Waals surface area (Å²) in [7, 11) is 0.509. The zero-order valence-electron chi connectivity index (χ0n) is 14.0. The molecule has 0 bridgehead atoms. The van der Waals surface area contributed by atoms with Crippen molar-refractivity contribution in [3.05, 3.63) is 36.4 Å². The summed E-state index contributed by atoms with van der Waals surface area (Å²) < 4.78 is 27.8. The number of fused-ring (bicyclic) bond motifs is 1. The summed E-state index contributed by atoms with van der Waals surface area (Å²) in [6.45, 7) is 3.42. The van der Waals surface area contributed by atoms with Gasteiger partial charge in [0.2, 0.25) is 10.0 Å². The van der Waals surface area contributed by atoms with Crippen LogP contribution in [0, 0.1) is 5.92 Å². The first-order chi connectivity index (χ1) is 10.9. The smallest absolute Gasteiger partial charge is 0.243 e. The lowest BCUT2D eigenvalue weighted by Gasteiger charge is -2.30. The molecule has 0 amide bonds. The molecule has 3 rings (SSSR count). The fourth-order valence-corrected chi connectivity index (χ4v) is 4.92. The van der Waals surface area contributed by atoms with E-state index in [4.69, 9.17) is 0 Å². The second-order valence-electron chi connectivity index (χ2n) is 6.61. The van der Waals surface area contributed by atoms with Crippen molar-refractivity contribution in [2.45, 2.75) is 24.7 Å². The van der Waals surface area contributed by atoms with Crippen molar-refractivity contribution in [1.82, 2.24) is 4.31 Å². The molecule has 0 radical (unpaired) electrons. The van der Waals surface area contributed by atoms with Crippen LogP contribution >= 0.6 is 0 Å². The molecule has 1 fully saturated rings. The van der Waals surface area contributed by atoms with Gasteiger partial charge in [-0.15, -0.1) is 0 Å². The normalized spacial score (nSPS) is 17.5. The van der Waals surface area contributed by atoms with E-state index in [2.05, 4.69) is 6.92 Å². The zero-order valence-corrected chi connectivity index (χ0v) is 14.8. The fourth-order valence-electron chi connectivity index (χ4n) is 3.24. The number of hydrogen-bond donors (Lipinski definition) is 0. The average molecular weight is 332 g/mol. The first-order valence-corrected chi connectivity index (χ1v) is 9.54. The Morgan fingerprint density at radius 2 is 1.61 bits per heavy atom. The van der Waals surface area contributed by atoms with Crippen molar-refractivity contribution >= 4 is 26.5 Å². The van der Waals surface area contributed by atoms with Crippen LogP contribution in [0.3, 0.4) is 0 Å². The van der Waals surface area contributed by atoms with E-state index in [0.717, 1.165) is 29.3 Å². The molecule has 2 aromatic carbocycles. The second-order valence-corrected chi connectivity index (χ2v) is 8.52. The molecule has 1 saturated heterocycles. The number of hydrogen-bond acceptors (Lipinski definition) is 3. The van der Waals surface area contributed by atoms with Crippen LogP contribution < -0.4 is 4.90 Å². The van der Waals surface area contributed by atoms with Crippen LogP contribution in [0.4, 0.5) is 5.69 Å². The lowest BCUT2D eigenvalue weighted by molar-refractivity contribution is 0.288. The minimum Gasteiger partial charge on any atom is -0.377 e. The Morgan fingerprint density at radius 3 is 2.26 bits per heavy atom. The highest BCUT2D eigenvalue weighted by molar-refractivity contribution is 7.89. The highest BCUT2D eigenvalue weighted by Gasteiger charge is 2.29. The van der Waals surface area contributed by atoms with Gasteiger partial charge in [-0.2, -0.15) is 4.31 Å². The highest BCUT2D eigenvalue weighted by Crippen LogP contribution is 2.32. The van der Waals surface area contributed by atoms with E-state index in [1.165, 1.54) is 0 Å². The minimum atomic E-state index is -3.44. The number of anilines is 1. The van der Waals surface area contributed by atoms with Crippen LogP contribution in [0.25, 0.3) is 10.8 Å². The molecule has 1 aliphatic heterocycles. The standard InChI is InChI=1S/C18H24N2O2S/c1-14-10-12-20(13-11-14)23(21,22)18-9-5-6-15-16(18)7-4-8-17(15)19(2)3/h4-9,14H,10-13H2,1-3H3. The Balaban J connectivity index is 2.11.